The number of hydrogen-bond acceptors (Lipinski definition) is 4. The van der Waals surface area contributed by atoms with Gasteiger partial charge in [0.05, 0.1) is 6.61 Å². The second-order valence-electron chi connectivity index (χ2n) is 5.43. The molecule has 0 heterocycles. The molecule has 2 aromatic carbocycles. The fraction of sp³-hybridized carbons (Fsp3) is 0.250. The van der Waals surface area contributed by atoms with E-state index in [0.29, 0.717) is 12.4 Å². The van der Waals surface area contributed by atoms with Crippen molar-refractivity contribution in [3.8, 4) is 16.9 Å². The monoisotopic (exact) mass is 326 g/mol. The van der Waals surface area contributed by atoms with Crippen LogP contribution in [-0.2, 0) is 14.3 Å². The lowest BCUT2D eigenvalue weighted by Gasteiger charge is -2.30. The van der Waals surface area contributed by atoms with Gasteiger partial charge in [-0.3, -0.25) is 0 Å². The zero-order chi connectivity index (χ0) is 17.6. The molecule has 0 spiro atoms. The van der Waals surface area contributed by atoms with Gasteiger partial charge in [-0.05, 0) is 25.5 Å². The highest BCUT2D eigenvalue weighted by Crippen LogP contribution is 2.33. The number of esters is 1. The minimum Gasteiger partial charge on any atom is -0.429 e. The molecule has 2 rings (SSSR count). The molecule has 0 N–H and O–H groups in total. The Balaban J connectivity index is 2.33. The second-order valence-corrected chi connectivity index (χ2v) is 5.43. The third kappa shape index (κ3) is 4.46. The van der Waals surface area contributed by atoms with Gasteiger partial charge in [-0.15, -0.1) is 0 Å². The summed E-state index contributed by atoms with van der Waals surface area (Å²) >= 11 is 0. The molecule has 0 aliphatic carbocycles. The lowest BCUT2D eigenvalue weighted by Crippen LogP contribution is -2.41. The average Bonchev–Trinajstić information content (AvgIpc) is 2.56. The summed E-state index contributed by atoms with van der Waals surface area (Å²) in [5.41, 5.74) is 2.16. The van der Waals surface area contributed by atoms with Crippen molar-refractivity contribution in [2.75, 3.05) is 6.61 Å². The molecule has 4 heteroatoms. The van der Waals surface area contributed by atoms with Gasteiger partial charge in [-0.1, -0.05) is 55.1 Å². The van der Waals surface area contributed by atoms with Gasteiger partial charge >= 0.3 is 11.9 Å². The Morgan fingerprint density at radius 1 is 1.08 bits per heavy atom. The van der Waals surface area contributed by atoms with Crippen molar-refractivity contribution in [2.45, 2.75) is 26.7 Å². The summed E-state index contributed by atoms with van der Waals surface area (Å²) in [7, 11) is 0. The first kappa shape index (κ1) is 17.8. The van der Waals surface area contributed by atoms with Crippen molar-refractivity contribution in [1.29, 1.82) is 0 Å². The van der Waals surface area contributed by atoms with Crippen LogP contribution >= 0.6 is 0 Å². The first-order valence-electron chi connectivity index (χ1n) is 7.81. The molecule has 2 aromatic rings. The summed E-state index contributed by atoms with van der Waals surface area (Å²) in [6.07, 6.45) is 0. The third-order valence-corrected chi connectivity index (χ3v) is 3.30. The standard InChI is InChI=1S/C20H22O4/c1-5-22-20(4,24-19(21)15(2)3)23-18-14-10-9-13-17(18)16-11-7-6-8-12-16/h6-14H,2,5H2,1,3-4H3. The maximum atomic E-state index is 11.9. The van der Waals surface area contributed by atoms with Gasteiger partial charge in [-0.2, -0.15) is 0 Å². The van der Waals surface area contributed by atoms with Crippen molar-refractivity contribution < 1.29 is 19.0 Å². The first-order chi connectivity index (χ1) is 11.4. The van der Waals surface area contributed by atoms with Crippen LogP contribution in [0, 0.1) is 0 Å². The Labute approximate surface area is 142 Å². The van der Waals surface area contributed by atoms with E-state index in [1.54, 1.807) is 20.8 Å². The molecule has 0 radical (unpaired) electrons. The van der Waals surface area contributed by atoms with Crippen LogP contribution in [0.25, 0.3) is 11.1 Å². The lowest BCUT2D eigenvalue weighted by atomic mass is 10.1. The Kier molecular flexibility index (Phi) is 5.77. The van der Waals surface area contributed by atoms with Gasteiger partial charge in [0.15, 0.2) is 0 Å². The van der Waals surface area contributed by atoms with E-state index < -0.39 is 11.9 Å². The lowest BCUT2D eigenvalue weighted by molar-refractivity contribution is -0.311. The number of carbonyl (C=O) groups excluding carboxylic acids is 1. The van der Waals surface area contributed by atoms with E-state index in [4.69, 9.17) is 14.2 Å². The number of carbonyl (C=O) groups is 1. The van der Waals surface area contributed by atoms with E-state index in [0.717, 1.165) is 11.1 Å². The molecule has 0 saturated heterocycles. The van der Waals surface area contributed by atoms with E-state index in [-0.39, 0.29) is 5.57 Å². The highest BCUT2D eigenvalue weighted by Gasteiger charge is 2.33. The zero-order valence-corrected chi connectivity index (χ0v) is 14.2. The minimum absolute atomic E-state index is 0.279. The molecule has 0 aliphatic heterocycles. The largest absolute Gasteiger partial charge is 0.429 e. The summed E-state index contributed by atoms with van der Waals surface area (Å²) in [6.45, 7) is 8.86. The Hall–Kier alpha value is -2.59. The number of rotatable bonds is 7. The molecule has 0 aromatic heterocycles. The molecule has 4 nitrogen and oxygen atoms in total. The highest BCUT2D eigenvalue weighted by molar-refractivity contribution is 5.87. The molecule has 0 bridgehead atoms. The molecule has 24 heavy (non-hydrogen) atoms. The van der Waals surface area contributed by atoms with Crippen molar-refractivity contribution in [2.24, 2.45) is 0 Å². The van der Waals surface area contributed by atoms with Gasteiger partial charge in [0, 0.05) is 18.1 Å². The van der Waals surface area contributed by atoms with Gasteiger partial charge in [-0.25, -0.2) is 4.79 Å². The molecule has 0 saturated carbocycles. The Bertz CT molecular complexity index is 709. The summed E-state index contributed by atoms with van der Waals surface area (Å²) < 4.78 is 16.8. The van der Waals surface area contributed by atoms with Gasteiger partial charge in [0.25, 0.3) is 0 Å². The molecule has 0 aliphatic rings. The van der Waals surface area contributed by atoms with Crippen LogP contribution in [-0.4, -0.2) is 18.5 Å². The normalized spacial score (nSPS) is 13.0. The van der Waals surface area contributed by atoms with Crippen molar-refractivity contribution in [3.63, 3.8) is 0 Å². The predicted molar refractivity (Wildman–Crippen MR) is 93.4 cm³/mol. The van der Waals surface area contributed by atoms with Crippen LogP contribution in [0.3, 0.4) is 0 Å². The fourth-order valence-corrected chi connectivity index (χ4v) is 2.21. The summed E-state index contributed by atoms with van der Waals surface area (Å²) in [4.78, 5) is 11.9. The third-order valence-electron chi connectivity index (χ3n) is 3.30. The van der Waals surface area contributed by atoms with Crippen molar-refractivity contribution in [1.82, 2.24) is 0 Å². The maximum Gasteiger partial charge on any atom is 0.370 e. The van der Waals surface area contributed by atoms with Crippen LogP contribution in [0.4, 0.5) is 0 Å². The Morgan fingerprint density at radius 2 is 1.71 bits per heavy atom. The summed E-state index contributed by atoms with van der Waals surface area (Å²) in [5, 5.41) is 0. The fourth-order valence-electron chi connectivity index (χ4n) is 2.21. The zero-order valence-electron chi connectivity index (χ0n) is 14.2. The van der Waals surface area contributed by atoms with Crippen LogP contribution in [0.1, 0.15) is 20.8 Å². The average molecular weight is 326 g/mol. The van der Waals surface area contributed by atoms with E-state index in [1.165, 1.54) is 0 Å². The maximum absolute atomic E-state index is 11.9. The van der Waals surface area contributed by atoms with Crippen LogP contribution < -0.4 is 4.74 Å². The molecular weight excluding hydrogens is 304 g/mol. The summed E-state index contributed by atoms with van der Waals surface area (Å²) in [6, 6.07) is 17.4. The minimum atomic E-state index is -1.53. The number of hydrogen-bond donors (Lipinski definition) is 0. The van der Waals surface area contributed by atoms with Gasteiger partial charge in [0.2, 0.25) is 0 Å². The molecule has 1 atom stereocenters. The number of benzene rings is 2. The molecule has 126 valence electrons. The molecule has 0 fully saturated rings. The van der Waals surface area contributed by atoms with E-state index in [1.807, 2.05) is 54.6 Å². The highest BCUT2D eigenvalue weighted by atomic mass is 16.9. The molecule has 1 unspecified atom stereocenters. The number of para-hydroxylation sites is 1. The smallest absolute Gasteiger partial charge is 0.370 e. The van der Waals surface area contributed by atoms with Crippen LogP contribution in [0.15, 0.2) is 66.7 Å². The SMILES string of the molecule is C=C(C)C(=O)OC(C)(OCC)Oc1ccccc1-c1ccccc1. The van der Waals surface area contributed by atoms with Gasteiger partial charge < -0.3 is 14.2 Å². The van der Waals surface area contributed by atoms with Crippen molar-refractivity contribution >= 4 is 5.97 Å². The van der Waals surface area contributed by atoms with Crippen LogP contribution in [0.5, 0.6) is 5.75 Å². The first-order valence-corrected chi connectivity index (χ1v) is 7.81. The second kappa shape index (κ2) is 7.79. The van der Waals surface area contributed by atoms with Crippen LogP contribution in [0.2, 0.25) is 0 Å². The molecule has 0 amide bonds. The summed E-state index contributed by atoms with van der Waals surface area (Å²) in [5.74, 6) is -1.53. The quantitative estimate of drug-likeness (QED) is 0.425. The number of ether oxygens (including phenoxy) is 3. The molecular formula is C20H22O4. The van der Waals surface area contributed by atoms with E-state index >= 15 is 0 Å². The van der Waals surface area contributed by atoms with Crippen molar-refractivity contribution in [3.05, 3.63) is 66.7 Å². The predicted octanol–water partition coefficient (Wildman–Crippen LogP) is 4.56. The Morgan fingerprint density at radius 3 is 2.33 bits per heavy atom. The van der Waals surface area contributed by atoms with E-state index in [9.17, 15) is 4.79 Å². The van der Waals surface area contributed by atoms with Gasteiger partial charge in [0.1, 0.15) is 5.75 Å². The topological polar surface area (TPSA) is 44.8 Å². The van der Waals surface area contributed by atoms with E-state index in [2.05, 4.69) is 6.58 Å².